The summed E-state index contributed by atoms with van der Waals surface area (Å²) in [7, 11) is 0. The molecule has 1 aromatic carbocycles. The Morgan fingerprint density at radius 1 is 1.29 bits per heavy atom. The topological polar surface area (TPSA) is 33.1 Å². The molecular formula is C14H14BrNO. The van der Waals surface area contributed by atoms with E-state index < -0.39 is 0 Å². The first-order valence-corrected chi connectivity index (χ1v) is 6.71. The molecular weight excluding hydrogens is 278 g/mol. The van der Waals surface area contributed by atoms with Crippen LogP contribution in [0.15, 0.2) is 34.9 Å². The molecule has 88 valence electrons. The van der Waals surface area contributed by atoms with E-state index in [2.05, 4.69) is 33.0 Å². The maximum absolute atomic E-state index is 9.64. The number of pyridine rings is 1. The first-order chi connectivity index (χ1) is 8.25. The minimum atomic E-state index is -0.0597. The monoisotopic (exact) mass is 291 g/mol. The van der Waals surface area contributed by atoms with Gasteiger partial charge in [0.1, 0.15) is 4.60 Å². The molecule has 1 aromatic heterocycles. The molecule has 2 nitrogen and oxygen atoms in total. The van der Waals surface area contributed by atoms with Gasteiger partial charge in [-0.1, -0.05) is 24.6 Å². The standard InChI is InChI=1S/C14H14BrNO/c15-13-11(14(9-17)6-3-7-14)8-10-4-1-2-5-12(10)16-13/h1-2,4-5,8,17H,3,6-7,9H2. The molecule has 0 spiro atoms. The predicted octanol–water partition coefficient (Wildman–Crippen LogP) is 3.41. The van der Waals surface area contributed by atoms with E-state index in [0.29, 0.717) is 0 Å². The van der Waals surface area contributed by atoms with Crippen molar-refractivity contribution >= 4 is 26.8 Å². The van der Waals surface area contributed by atoms with Crippen molar-refractivity contribution in [2.75, 3.05) is 6.61 Å². The number of nitrogens with zero attached hydrogens (tertiary/aromatic N) is 1. The maximum atomic E-state index is 9.64. The third-order valence-electron chi connectivity index (χ3n) is 3.86. The van der Waals surface area contributed by atoms with Crippen LogP contribution in [-0.4, -0.2) is 16.7 Å². The van der Waals surface area contributed by atoms with Crippen LogP contribution in [0.2, 0.25) is 0 Å². The van der Waals surface area contributed by atoms with Crippen LogP contribution in [0, 0.1) is 0 Å². The van der Waals surface area contributed by atoms with Crippen LogP contribution >= 0.6 is 15.9 Å². The molecule has 1 aliphatic rings. The Hall–Kier alpha value is -0.930. The number of aliphatic hydroxyl groups excluding tert-OH is 1. The van der Waals surface area contributed by atoms with Gasteiger partial charge < -0.3 is 5.11 Å². The van der Waals surface area contributed by atoms with Crippen LogP contribution in [0.1, 0.15) is 24.8 Å². The van der Waals surface area contributed by atoms with Crippen LogP contribution < -0.4 is 0 Å². The van der Waals surface area contributed by atoms with Gasteiger partial charge in [0.2, 0.25) is 0 Å². The molecule has 3 heteroatoms. The molecule has 0 saturated heterocycles. The van der Waals surface area contributed by atoms with E-state index in [-0.39, 0.29) is 12.0 Å². The Morgan fingerprint density at radius 2 is 2.06 bits per heavy atom. The average molecular weight is 292 g/mol. The Balaban J connectivity index is 2.19. The van der Waals surface area contributed by atoms with Crippen molar-refractivity contribution in [3.63, 3.8) is 0 Å². The van der Waals surface area contributed by atoms with E-state index in [1.165, 1.54) is 6.42 Å². The van der Waals surface area contributed by atoms with E-state index in [0.717, 1.165) is 33.9 Å². The molecule has 0 radical (unpaired) electrons. The molecule has 0 bridgehead atoms. The van der Waals surface area contributed by atoms with E-state index in [4.69, 9.17) is 0 Å². The van der Waals surface area contributed by atoms with Crippen molar-refractivity contribution in [3.8, 4) is 0 Å². The number of fused-ring (bicyclic) bond motifs is 1. The van der Waals surface area contributed by atoms with Gasteiger partial charge in [-0.05, 0) is 46.5 Å². The van der Waals surface area contributed by atoms with Gasteiger partial charge >= 0.3 is 0 Å². The quantitative estimate of drug-likeness (QED) is 0.860. The van der Waals surface area contributed by atoms with Gasteiger partial charge in [-0.25, -0.2) is 4.98 Å². The van der Waals surface area contributed by atoms with Crippen molar-refractivity contribution in [2.24, 2.45) is 0 Å². The average Bonchev–Trinajstić information content (AvgIpc) is 2.29. The fraction of sp³-hybridized carbons (Fsp3) is 0.357. The number of halogens is 1. The second-order valence-corrected chi connectivity index (χ2v) is 5.56. The van der Waals surface area contributed by atoms with E-state index in [1.807, 2.05) is 18.2 Å². The highest BCUT2D eigenvalue weighted by molar-refractivity contribution is 9.10. The van der Waals surface area contributed by atoms with Crippen LogP contribution in [0.3, 0.4) is 0 Å². The number of rotatable bonds is 2. The van der Waals surface area contributed by atoms with Gasteiger partial charge in [-0.15, -0.1) is 0 Å². The smallest absolute Gasteiger partial charge is 0.110 e. The molecule has 1 saturated carbocycles. The third kappa shape index (κ3) is 1.69. The van der Waals surface area contributed by atoms with Gasteiger partial charge in [-0.2, -0.15) is 0 Å². The van der Waals surface area contributed by atoms with E-state index in [1.54, 1.807) is 0 Å². The molecule has 1 heterocycles. The van der Waals surface area contributed by atoms with Crippen molar-refractivity contribution in [1.29, 1.82) is 0 Å². The summed E-state index contributed by atoms with van der Waals surface area (Å²) >= 11 is 3.55. The molecule has 17 heavy (non-hydrogen) atoms. The van der Waals surface area contributed by atoms with Crippen molar-refractivity contribution in [2.45, 2.75) is 24.7 Å². The summed E-state index contributed by atoms with van der Waals surface area (Å²) in [5, 5.41) is 10.8. The van der Waals surface area contributed by atoms with Crippen LogP contribution in [0.5, 0.6) is 0 Å². The lowest BCUT2D eigenvalue weighted by molar-refractivity contribution is 0.119. The Labute approximate surface area is 109 Å². The summed E-state index contributed by atoms with van der Waals surface area (Å²) in [6.45, 7) is 0.214. The maximum Gasteiger partial charge on any atom is 0.110 e. The van der Waals surface area contributed by atoms with Gasteiger partial charge in [0, 0.05) is 10.8 Å². The SMILES string of the molecule is OCC1(c2cc3ccccc3nc2Br)CCC1. The molecule has 1 fully saturated rings. The summed E-state index contributed by atoms with van der Waals surface area (Å²) in [6.07, 6.45) is 3.31. The Morgan fingerprint density at radius 3 is 2.71 bits per heavy atom. The van der Waals surface area contributed by atoms with Gasteiger partial charge in [0.25, 0.3) is 0 Å². The highest BCUT2D eigenvalue weighted by Gasteiger charge is 2.39. The van der Waals surface area contributed by atoms with E-state index in [9.17, 15) is 5.11 Å². The number of hydrogen-bond donors (Lipinski definition) is 1. The summed E-state index contributed by atoms with van der Waals surface area (Å²) in [4.78, 5) is 4.58. The lowest BCUT2D eigenvalue weighted by atomic mass is 9.65. The first kappa shape index (κ1) is 11.2. The molecule has 1 aliphatic carbocycles. The predicted molar refractivity (Wildman–Crippen MR) is 72.1 cm³/mol. The number of aliphatic hydroxyl groups is 1. The van der Waals surface area contributed by atoms with Crippen molar-refractivity contribution < 1.29 is 5.11 Å². The van der Waals surface area contributed by atoms with Crippen LogP contribution in [-0.2, 0) is 5.41 Å². The molecule has 0 aliphatic heterocycles. The molecule has 3 rings (SSSR count). The van der Waals surface area contributed by atoms with Gasteiger partial charge in [0.15, 0.2) is 0 Å². The number of aromatic nitrogens is 1. The number of hydrogen-bond acceptors (Lipinski definition) is 2. The van der Waals surface area contributed by atoms with E-state index >= 15 is 0 Å². The zero-order valence-corrected chi connectivity index (χ0v) is 11.1. The third-order valence-corrected chi connectivity index (χ3v) is 4.47. The Bertz CT molecular complexity index is 558. The largest absolute Gasteiger partial charge is 0.395 e. The first-order valence-electron chi connectivity index (χ1n) is 5.92. The van der Waals surface area contributed by atoms with Crippen molar-refractivity contribution in [1.82, 2.24) is 4.98 Å². The minimum Gasteiger partial charge on any atom is -0.395 e. The minimum absolute atomic E-state index is 0.0597. The molecule has 1 N–H and O–H groups in total. The fourth-order valence-corrected chi connectivity index (χ4v) is 3.31. The second kappa shape index (κ2) is 4.07. The molecule has 0 amide bonds. The number of benzene rings is 1. The molecule has 0 atom stereocenters. The lowest BCUT2D eigenvalue weighted by Crippen LogP contribution is -2.38. The fourth-order valence-electron chi connectivity index (χ4n) is 2.58. The normalized spacial score (nSPS) is 18.0. The van der Waals surface area contributed by atoms with Gasteiger partial charge in [-0.3, -0.25) is 0 Å². The number of para-hydroxylation sites is 1. The van der Waals surface area contributed by atoms with Crippen molar-refractivity contribution in [3.05, 3.63) is 40.5 Å². The highest BCUT2D eigenvalue weighted by atomic mass is 79.9. The second-order valence-electron chi connectivity index (χ2n) is 4.81. The summed E-state index contributed by atoms with van der Waals surface area (Å²) in [5.74, 6) is 0. The molecule has 2 aromatic rings. The Kier molecular flexibility index (Phi) is 2.68. The summed E-state index contributed by atoms with van der Waals surface area (Å²) < 4.78 is 0.880. The van der Waals surface area contributed by atoms with Crippen LogP contribution in [0.25, 0.3) is 10.9 Å². The summed E-state index contributed by atoms with van der Waals surface area (Å²) in [6, 6.07) is 10.3. The molecule has 0 unspecified atom stereocenters. The van der Waals surface area contributed by atoms with Crippen LogP contribution in [0.4, 0.5) is 0 Å². The van der Waals surface area contributed by atoms with Gasteiger partial charge in [0.05, 0.1) is 12.1 Å². The summed E-state index contributed by atoms with van der Waals surface area (Å²) in [5.41, 5.74) is 2.09. The zero-order chi connectivity index (χ0) is 11.9. The zero-order valence-electron chi connectivity index (χ0n) is 9.49. The highest BCUT2D eigenvalue weighted by Crippen LogP contribution is 2.46. The lowest BCUT2D eigenvalue weighted by Gasteiger charge is -2.41.